The van der Waals surface area contributed by atoms with E-state index >= 15 is 0 Å². The molecule has 3 aromatic heterocycles. The number of furan rings is 1. The highest BCUT2D eigenvalue weighted by Crippen LogP contribution is 2.30. The number of aromatic amines is 1. The third-order valence-corrected chi connectivity index (χ3v) is 5.34. The lowest BCUT2D eigenvalue weighted by molar-refractivity contribution is 0.415. The van der Waals surface area contributed by atoms with Gasteiger partial charge >= 0.3 is 5.69 Å². The highest BCUT2D eigenvalue weighted by atomic mass is 35.5. The normalized spacial score (nSPS) is 11.1. The van der Waals surface area contributed by atoms with Crippen molar-refractivity contribution in [1.82, 2.24) is 14.5 Å². The van der Waals surface area contributed by atoms with Crippen LogP contribution in [0.1, 0.15) is 0 Å². The van der Waals surface area contributed by atoms with Gasteiger partial charge in [-0.25, -0.2) is 14.3 Å². The molecule has 158 valence electrons. The summed E-state index contributed by atoms with van der Waals surface area (Å²) in [5.41, 5.74) is 1.26. The molecule has 0 atom stereocenters. The number of fused-ring (bicyclic) bond motifs is 1. The van der Waals surface area contributed by atoms with Gasteiger partial charge in [0.05, 0.1) is 30.1 Å². The van der Waals surface area contributed by atoms with Gasteiger partial charge in [-0.2, -0.15) is 0 Å². The molecule has 0 radical (unpaired) electrons. The molecule has 3 heterocycles. The highest BCUT2D eigenvalue weighted by molar-refractivity contribution is 6.30. The first kappa shape index (κ1) is 19.8. The van der Waals surface area contributed by atoms with Crippen LogP contribution in [-0.4, -0.2) is 21.6 Å². The number of hydrogen-bond acceptors (Lipinski definition) is 5. The summed E-state index contributed by atoms with van der Waals surface area (Å²) in [4.78, 5) is 33.7. The molecular formula is C24H16ClN3O4. The zero-order valence-electron chi connectivity index (χ0n) is 16.8. The van der Waals surface area contributed by atoms with Crippen molar-refractivity contribution in [3.63, 3.8) is 0 Å². The number of hydrogen-bond donors (Lipinski definition) is 1. The fourth-order valence-electron chi connectivity index (χ4n) is 3.60. The Labute approximate surface area is 186 Å². The second kappa shape index (κ2) is 7.86. The third kappa shape index (κ3) is 3.38. The van der Waals surface area contributed by atoms with E-state index in [2.05, 4.69) is 9.97 Å². The van der Waals surface area contributed by atoms with Crippen LogP contribution in [0.3, 0.4) is 0 Å². The summed E-state index contributed by atoms with van der Waals surface area (Å²) in [6.07, 6.45) is 1.52. The summed E-state index contributed by atoms with van der Waals surface area (Å²) in [7, 11) is 1.59. The van der Waals surface area contributed by atoms with Crippen molar-refractivity contribution in [2.45, 2.75) is 0 Å². The SMILES string of the molecule is COc1ccc(-c2cc(-c3ccco3)c3c(=O)n(-c4cccc(Cl)c4)c(=O)[nH]c3n2)cc1. The van der Waals surface area contributed by atoms with Gasteiger partial charge in [-0.3, -0.25) is 9.78 Å². The van der Waals surface area contributed by atoms with Crippen LogP contribution in [0.5, 0.6) is 5.75 Å². The van der Waals surface area contributed by atoms with Crippen LogP contribution in [0.4, 0.5) is 0 Å². The van der Waals surface area contributed by atoms with Crippen LogP contribution in [0, 0.1) is 0 Å². The summed E-state index contributed by atoms with van der Waals surface area (Å²) in [6.45, 7) is 0. The monoisotopic (exact) mass is 445 g/mol. The number of pyridine rings is 1. The van der Waals surface area contributed by atoms with Crippen molar-refractivity contribution in [3.05, 3.63) is 98.9 Å². The Hall–Kier alpha value is -4.10. The summed E-state index contributed by atoms with van der Waals surface area (Å²) in [6, 6.07) is 19.1. The Kier molecular flexibility index (Phi) is 4.88. The first-order valence-electron chi connectivity index (χ1n) is 9.69. The van der Waals surface area contributed by atoms with Gasteiger partial charge in [-0.1, -0.05) is 17.7 Å². The smallest absolute Gasteiger partial charge is 0.334 e. The summed E-state index contributed by atoms with van der Waals surface area (Å²) < 4.78 is 11.8. The van der Waals surface area contributed by atoms with E-state index in [0.29, 0.717) is 33.5 Å². The number of ether oxygens (including phenoxy) is 1. The number of benzene rings is 2. The van der Waals surface area contributed by atoms with E-state index in [1.165, 1.54) is 6.26 Å². The van der Waals surface area contributed by atoms with Crippen LogP contribution in [0.15, 0.2) is 87.0 Å². The Morgan fingerprint density at radius 1 is 1.03 bits per heavy atom. The van der Waals surface area contributed by atoms with Gasteiger partial charge in [-0.05, 0) is 60.7 Å². The van der Waals surface area contributed by atoms with Crippen molar-refractivity contribution in [2.24, 2.45) is 0 Å². The van der Waals surface area contributed by atoms with Crippen LogP contribution in [0.25, 0.3) is 39.3 Å². The minimum absolute atomic E-state index is 0.165. The maximum Gasteiger partial charge on any atom is 0.334 e. The number of methoxy groups -OCH3 is 1. The Morgan fingerprint density at radius 3 is 2.53 bits per heavy atom. The predicted molar refractivity (Wildman–Crippen MR) is 123 cm³/mol. The van der Waals surface area contributed by atoms with E-state index in [4.69, 9.17) is 20.8 Å². The van der Waals surface area contributed by atoms with Crippen molar-refractivity contribution in [1.29, 1.82) is 0 Å². The third-order valence-electron chi connectivity index (χ3n) is 5.10. The molecule has 0 aliphatic carbocycles. The van der Waals surface area contributed by atoms with Crippen molar-refractivity contribution in [2.75, 3.05) is 7.11 Å². The van der Waals surface area contributed by atoms with E-state index < -0.39 is 11.2 Å². The van der Waals surface area contributed by atoms with Gasteiger partial charge in [0.1, 0.15) is 17.2 Å². The summed E-state index contributed by atoms with van der Waals surface area (Å²) in [5.74, 6) is 1.19. The van der Waals surface area contributed by atoms with E-state index in [9.17, 15) is 9.59 Å². The number of aromatic nitrogens is 3. The Morgan fingerprint density at radius 2 is 1.84 bits per heavy atom. The zero-order chi connectivity index (χ0) is 22.2. The molecular weight excluding hydrogens is 430 g/mol. The molecule has 0 fully saturated rings. The van der Waals surface area contributed by atoms with Gasteiger partial charge in [0.2, 0.25) is 0 Å². The molecule has 0 unspecified atom stereocenters. The Bertz CT molecular complexity index is 1550. The molecule has 0 saturated heterocycles. The molecule has 8 heteroatoms. The van der Waals surface area contributed by atoms with Gasteiger partial charge in [0.25, 0.3) is 5.56 Å². The lowest BCUT2D eigenvalue weighted by Gasteiger charge is -2.11. The lowest BCUT2D eigenvalue weighted by atomic mass is 10.0. The average molecular weight is 446 g/mol. The number of halogens is 1. The summed E-state index contributed by atoms with van der Waals surface area (Å²) in [5, 5.41) is 0.643. The summed E-state index contributed by atoms with van der Waals surface area (Å²) >= 11 is 6.08. The highest BCUT2D eigenvalue weighted by Gasteiger charge is 2.19. The van der Waals surface area contributed by atoms with E-state index in [0.717, 1.165) is 10.1 Å². The van der Waals surface area contributed by atoms with E-state index in [1.807, 2.05) is 24.3 Å². The van der Waals surface area contributed by atoms with Gasteiger partial charge in [0, 0.05) is 16.1 Å². The lowest BCUT2D eigenvalue weighted by Crippen LogP contribution is -2.34. The van der Waals surface area contributed by atoms with Crippen LogP contribution >= 0.6 is 11.6 Å². The van der Waals surface area contributed by atoms with Crippen LogP contribution < -0.4 is 16.0 Å². The molecule has 1 N–H and O–H groups in total. The number of rotatable bonds is 4. The molecule has 7 nitrogen and oxygen atoms in total. The average Bonchev–Trinajstić information content (AvgIpc) is 3.33. The molecule has 0 bridgehead atoms. The fourth-order valence-corrected chi connectivity index (χ4v) is 3.78. The van der Waals surface area contributed by atoms with Gasteiger partial charge < -0.3 is 9.15 Å². The molecule has 32 heavy (non-hydrogen) atoms. The topological polar surface area (TPSA) is 90.1 Å². The molecule has 0 aliphatic heterocycles. The maximum absolute atomic E-state index is 13.5. The molecule has 0 aliphatic rings. The molecule has 0 saturated carbocycles. The predicted octanol–water partition coefficient (Wildman–Crippen LogP) is 4.66. The molecule has 0 spiro atoms. The molecule has 0 amide bonds. The number of nitrogens with zero attached hydrogens (tertiary/aromatic N) is 2. The maximum atomic E-state index is 13.5. The number of H-pyrrole nitrogens is 1. The van der Waals surface area contributed by atoms with Crippen molar-refractivity contribution >= 4 is 22.6 Å². The first-order valence-corrected chi connectivity index (χ1v) is 10.1. The minimum Gasteiger partial charge on any atom is -0.497 e. The largest absolute Gasteiger partial charge is 0.497 e. The standard InChI is InChI=1S/C24H16ClN3O4/c1-31-17-9-7-14(8-10-17)19-13-18(20-6-3-11-32-20)21-22(26-19)27-24(30)28(23(21)29)16-5-2-4-15(25)12-16/h2-13H,1H3,(H,26,27,30). The second-order valence-electron chi connectivity index (χ2n) is 7.04. The quantitative estimate of drug-likeness (QED) is 0.434. The number of nitrogens with one attached hydrogen (secondary N) is 1. The zero-order valence-corrected chi connectivity index (χ0v) is 17.6. The fraction of sp³-hybridized carbons (Fsp3) is 0.0417. The first-order chi connectivity index (χ1) is 15.5. The molecule has 2 aromatic carbocycles. The minimum atomic E-state index is -0.616. The second-order valence-corrected chi connectivity index (χ2v) is 7.47. The van der Waals surface area contributed by atoms with Crippen molar-refractivity contribution in [3.8, 4) is 34.0 Å². The van der Waals surface area contributed by atoms with E-state index in [1.54, 1.807) is 49.6 Å². The van der Waals surface area contributed by atoms with Crippen LogP contribution in [-0.2, 0) is 0 Å². The molecule has 5 rings (SSSR count). The Balaban J connectivity index is 1.83. The van der Waals surface area contributed by atoms with E-state index in [-0.39, 0.29) is 11.0 Å². The van der Waals surface area contributed by atoms with Crippen LogP contribution in [0.2, 0.25) is 5.02 Å². The van der Waals surface area contributed by atoms with Crippen molar-refractivity contribution < 1.29 is 9.15 Å². The van der Waals surface area contributed by atoms with Gasteiger partial charge in [0.15, 0.2) is 0 Å². The van der Waals surface area contributed by atoms with Gasteiger partial charge in [-0.15, -0.1) is 0 Å². The molecule has 5 aromatic rings.